The summed E-state index contributed by atoms with van der Waals surface area (Å²) in [6, 6.07) is 3.75. The predicted octanol–water partition coefficient (Wildman–Crippen LogP) is -5.61. The molecule has 14 unspecified atom stereocenters. The Bertz CT molecular complexity index is 1130. The Kier molecular flexibility index (Phi) is 11.5. The maximum Gasteiger partial charge on any atom is 0.333 e. The quantitative estimate of drug-likeness (QED) is 0.0889. The van der Waals surface area contributed by atoms with Crippen molar-refractivity contribution in [3.8, 4) is 11.5 Å². The minimum absolute atomic E-state index is 0.232. The second kappa shape index (κ2) is 14.7. The van der Waals surface area contributed by atoms with Gasteiger partial charge in [0.1, 0.15) is 67.1 Å². The summed E-state index contributed by atoms with van der Waals surface area (Å²) in [6.45, 7) is -1.93. The minimum atomic E-state index is -1.81. The van der Waals surface area contributed by atoms with Crippen molar-refractivity contribution in [2.24, 2.45) is 0 Å². The third kappa shape index (κ3) is 7.46. The van der Waals surface area contributed by atoms with Crippen LogP contribution in [0.5, 0.6) is 11.5 Å². The number of carbonyl (C=O) groups is 1. The van der Waals surface area contributed by atoms with Crippen LogP contribution in [0.25, 0.3) is 6.08 Å². The molecule has 0 amide bonds. The molecular weight excluding hydrogens is 600 g/mol. The summed E-state index contributed by atoms with van der Waals surface area (Å²) in [7, 11) is 0. The first-order valence-electron chi connectivity index (χ1n) is 13.5. The van der Waals surface area contributed by atoms with Crippen LogP contribution in [0.3, 0.4) is 0 Å². The maximum absolute atomic E-state index is 12.7. The van der Waals surface area contributed by atoms with E-state index in [1.165, 1.54) is 24.3 Å². The molecule has 3 aliphatic heterocycles. The lowest BCUT2D eigenvalue weighted by Gasteiger charge is -2.44. The van der Waals surface area contributed by atoms with Gasteiger partial charge in [-0.3, -0.25) is 0 Å². The molecule has 3 saturated heterocycles. The van der Waals surface area contributed by atoms with Crippen LogP contribution in [0, 0.1) is 0 Å². The molecule has 4 rings (SSSR count). The van der Waals surface area contributed by atoms with Crippen molar-refractivity contribution in [1.29, 1.82) is 0 Å². The first-order valence-corrected chi connectivity index (χ1v) is 13.5. The van der Waals surface area contributed by atoms with E-state index in [4.69, 9.17) is 28.4 Å². The van der Waals surface area contributed by atoms with E-state index >= 15 is 0 Å². The Morgan fingerprint density at radius 3 is 2.11 bits per heavy atom. The molecule has 3 aliphatic rings. The van der Waals surface area contributed by atoms with E-state index in [9.17, 15) is 61.0 Å². The van der Waals surface area contributed by atoms with Gasteiger partial charge in [-0.15, -0.1) is 0 Å². The number of aliphatic hydroxyl groups is 10. The molecule has 0 saturated carbocycles. The van der Waals surface area contributed by atoms with Gasteiger partial charge in [0.25, 0.3) is 0 Å². The molecule has 3 fully saturated rings. The predicted molar refractivity (Wildman–Crippen MR) is 138 cm³/mol. The topological polar surface area (TPSA) is 295 Å². The van der Waals surface area contributed by atoms with E-state index in [1.54, 1.807) is 0 Å². The van der Waals surface area contributed by atoms with Crippen molar-refractivity contribution >= 4 is 12.0 Å². The molecule has 0 bridgehead atoms. The third-order valence-electron chi connectivity index (χ3n) is 7.33. The average Bonchev–Trinajstić information content (AvgIpc) is 3.01. The summed E-state index contributed by atoms with van der Waals surface area (Å²) in [5.74, 6) is -1.77. The SMILES string of the molecule is O=C(C=Cc1ccc(O)c(OC2OC(CO)C(O)C(O)C2O)c1)OC1OC(CO)C(O)C(O)C1OC1COC(O)C(O)C1O. The van der Waals surface area contributed by atoms with Crippen LogP contribution in [-0.2, 0) is 28.5 Å². The lowest BCUT2D eigenvalue weighted by Crippen LogP contribution is -2.63. The van der Waals surface area contributed by atoms with Gasteiger partial charge in [-0.25, -0.2) is 4.79 Å². The van der Waals surface area contributed by atoms with Gasteiger partial charge in [0, 0.05) is 6.08 Å². The number of benzene rings is 1. The molecule has 1 aromatic carbocycles. The number of phenolic OH excluding ortho intramolecular Hbond substituents is 1. The highest BCUT2D eigenvalue weighted by Crippen LogP contribution is 2.32. The standard InChI is InChI=1S/C26H36O18/c27-6-12-16(31)19(34)22(37)25(42-12)41-11-5-9(1-3-10(11)29)2-4-15(30)44-26-23(20(35)17(32)13(7-28)43-26)40-14-8-39-24(38)21(36)18(14)33/h1-5,12-14,16-29,31-38H,6-8H2. The van der Waals surface area contributed by atoms with E-state index in [0.29, 0.717) is 0 Å². The zero-order valence-corrected chi connectivity index (χ0v) is 22.9. The largest absolute Gasteiger partial charge is 0.504 e. The van der Waals surface area contributed by atoms with Gasteiger partial charge in [-0.2, -0.15) is 0 Å². The van der Waals surface area contributed by atoms with Gasteiger partial charge in [0.05, 0.1) is 19.8 Å². The van der Waals surface area contributed by atoms with Crippen molar-refractivity contribution in [3.05, 3.63) is 29.8 Å². The Labute approximate surface area is 249 Å². The highest BCUT2D eigenvalue weighted by Gasteiger charge is 2.50. The first-order chi connectivity index (χ1) is 20.9. The van der Waals surface area contributed by atoms with E-state index < -0.39 is 118 Å². The summed E-state index contributed by atoms with van der Waals surface area (Å²) in [4.78, 5) is 12.7. The lowest BCUT2D eigenvalue weighted by atomic mass is 9.98. The molecule has 248 valence electrons. The molecule has 0 aromatic heterocycles. The fourth-order valence-corrected chi connectivity index (χ4v) is 4.73. The smallest absolute Gasteiger partial charge is 0.333 e. The lowest BCUT2D eigenvalue weighted by molar-refractivity contribution is -0.329. The highest BCUT2D eigenvalue weighted by atomic mass is 16.7. The van der Waals surface area contributed by atoms with Crippen molar-refractivity contribution in [2.75, 3.05) is 19.8 Å². The molecule has 44 heavy (non-hydrogen) atoms. The van der Waals surface area contributed by atoms with Gasteiger partial charge in [0.2, 0.25) is 12.6 Å². The van der Waals surface area contributed by atoms with Crippen LogP contribution in [0.15, 0.2) is 24.3 Å². The summed E-state index contributed by atoms with van der Waals surface area (Å²) in [6.07, 6.45) is -20.7. The van der Waals surface area contributed by atoms with E-state index in [1.807, 2.05) is 0 Å². The fraction of sp³-hybridized carbons (Fsp3) is 0.654. The number of rotatable bonds is 9. The molecule has 1 aromatic rings. The van der Waals surface area contributed by atoms with Crippen LogP contribution < -0.4 is 4.74 Å². The minimum Gasteiger partial charge on any atom is -0.504 e. The Hall–Kier alpha value is -2.53. The molecule has 0 spiro atoms. The summed E-state index contributed by atoms with van der Waals surface area (Å²) < 4.78 is 31.8. The Morgan fingerprint density at radius 1 is 0.818 bits per heavy atom. The van der Waals surface area contributed by atoms with Crippen molar-refractivity contribution in [2.45, 2.75) is 86.0 Å². The van der Waals surface area contributed by atoms with Crippen LogP contribution in [0.2, 0.25) is 0 Å². The molecular formula is C26H36O18. The number of phenols is 1. The molecule has 11 N–H and O–H groups in total. The number of carbonyl (C=O) groups excluding carboxylic acids is 1. The Morgan fingerprint density at radius 2 is 1.45 bits per heavy atom. The fourth-order valence-electron chi connectivity index (χ4n) is 4.73. The second-order valence-corrected chi connectivity index (χ2v) is 10.4. The zero-order valence-electron chi connectivity index (χ0n) is 22.9. The monoisotopic (exact) mass is 636 g/mol. The number of aromatic hydroxyl groups is 1. The van der Waals surface area contributed by atoms with Crippen LogP contribution in [0.4, 0.5) is 0 Å². The first kappa shape index (κ1) is 34.3. The maximum atomic E-state index is 12.7. The van der Waals surface area contributed by atoms with Crippen molar-refractivity contribution < 1.29 is 89.4 Å². The third-order valence-corrected chi connectivity index (χ3v) is 7.33. The van der Waals surface area contributed by atoms with Crippen LogP contribution in [-0.4, -0.2) is 168 Å². The van der Waals surface area contributed by atoms with Crippen LogP contribution in [0.1, 0.15) is 5.56 Å². The molecule has 14 atom stereocenters. The van der Waals surface area contributed by atoms with E-state index in [0.717, 1.165) is 6.08 Å². The average molecular weight is 637 g/mol. The van der Waals surface area contributed by atoms with Gasteiger partial charge in [-0.1, -0.05) is 6.07 Å². The number of hydrogen-bond acceptors (Lipinski definition) is 18. The van der Waals surface area contributed by atoms with E-state index in [-0.39, 0.29) is 11.3 Å². The van der Waals surface area contributed by atoms with Crippen LogP contribution >= 0.6 is 0 Å². The van der Waals surface area contributed by atoms with Gasteiger partial charge in [-0.05, 0) is 23.8 Å². The van der Waals surface area contributed by atoms with E-state index in [2.05, 4.69) is 0 Å². The second-order valence-electron chi connectivity index (χ2n) is 10.4. The van der Waals surface area contributed by atoms with Gasteiger partial charge >= 0.3 is 5.97 Å². The van der Waals surface area contributed by atoms with Crippen molar-refractivity contribution in [1.82, 2.24) is 0 Å². The van der Waals surface area contributed by atoms with Crippen molar-refractivity contribution in [3.63, 3.8) is 0 Å². The van der Waals surface area contributed by atoms with Gasteiger partial charge in [0.15, 0.2) is 17.8 Å². The molecule has 3 heterocycles. The summed E-state index contributed by atoms with van der Waals surface area (Å²) in [5, 5.41) is 110. The zero-order chi connectivity index (χ0) is 32.3. The molecule has 18 heteroatoms. The normalized spacial score (nSPS) is 41.4. The van der Waals surface area contributed by atoms with Gasteiger partial charge < -0.3 is 84.6 Å². The Balaban J connectivity index is 1.45. The molecule has 18 nitrogen and oxygen atoms in total. The highest BCUT2D eigenvalue weighted by molar-refractivity contribution is 5.87. The number of ether oxygens (including phenoxy) is 6. The number of aliphatic hydroxyl groups excluding tert-OH is 10. The molecule has 0 aliphatic carbocycles. The molecule has 0 radical (unpaired) electrons. The number of esters is 1. The summed E-state index contributed by atoms with van der Waals surface area (Å²) >= 11 is 0. The summed E-state index contributed by atoms with van der Waals surface area (Å²) in [5.41, 5.74) is 0.232. The number of hydrogen-bond donors (Lipinski definition) is 11.